The first-order chi connectivity index (χ1) is 11.0. The smallest absolute Gasteiger partial charge is 0.282 e. The first-order valence-electron chi connectivity index (χ1n) is 7.96. The average molecular weight is 358 g/mol. The number of benzene rings is 1. The highest BCUT2D eigenvalue weighted by molar-refractivity contribution is 5.98. The van der Waals surface area contributed by atoms with Crippen molar-refractivity contribution < 1.29 is 14.1 Å². The fourth-order valence-corrected chi connectivity index (χ4v) is 4.10. The van der Waals surface area contributed by atoms with Crippen LogP contribution in [0.2, 0.25) is 0 Å². The van der Waals surface area contributed by atoms with Crippen LogP contribution in [-0.2, 0) is 0 Å². The molecule has 0 aromatic heterocycles. The number of rotatable bonds is 3. The molecule has 0 heterocycles. The molecule has 2 aliphatic carbocycles. The van der Waals surface area contributed by atoms with Crippen LogP contribution < -0.4 is 11.1 Å². The van der Waals surface area contributed by atoms with Crippen molar-refractivity contribution in [2.75, 3.05) is 0 Å². The molecule has 3 N–H and O–H groups in total. The van der Waals surface area contributed by atoms with Gasteiger partial charge in [0, 0.05) is 18.2 Å². The molecule has 1 aromatic rings. The van der Waals surface area contributed by atoms with Gasteiger partial charge in [-0.3, -0.25) is 14.9 Å². The largest absolute Gasteiger partial charge is 0.349 e. The van der Waals surface area contributed by atoms with Crippen LogP contribution in [0.15, 0.2) is 18.2 Å². The summed E-state index contributed by atoms with van der Waals surface area (Å²) in [4.78, 5) is 22.9. The van der Waals surface area contributed by atoms with Crippen molar-refractivity contribution in [3.05, 3.63) is 39.7 Å². The monoisotopic (exact) mass is 357 g/mol. The molecule has 1 amide bonds. The normalized spacial score (nSPS) is 28.6. The van der Waals surface area contributed by atoms with Crippen molar-refractivity contribution in [3.63, 3.8) is 0 Å². The molecule has 0 spiro atoms. The van der Waals surface area contributed by atoms with Crippen molar-refractivity contribution in [2.24, 2.45) is 17.6 Å². The van der Waals surface area contributed by atoms with E-state index in [1.54, 1.807) is 0 Å². The van der Waals surface area contributed by atoms with E-state index >= 15 is 0 Å². The maximum Gasteiger partial charge on any atom is 0.282 e. The Morgan fingerprint density at radius 3 is 2.50 bits per heavy atom. The molecule has 0 aliphatic heterocycles. The Morgan fingerprint density at radius 2 is 1.92 bits per heavy atom. The molecule has 24 heavy (non-hydrogen) atoms. The lowest BCUT2D eigenvalue weighted by Gasteiger charge is -2.45. The van der Waals surface area contributed by atoms with Gasteiger partial charge in [0.1, 0.15) is 11.4 Å². The topological polar surface area (TPSA) is 98.3 Å². The number of carbonyl (C=O) groups is 1. The van der Waals surface area contributed by atoms with Crippen LogP contribution in [0, 0.1) is 27.8 Å². The zero-order chi connectivity index (χ0) is 16.6. The van der Waals surface area contributed by atoms with Gasteiger partial charge in [0.25, 0.3) is 11.6 Å². The molecule has 2 aliphatic rings. The van der Waals surface area contributed by atoms with Crippen LogP contribution in [0.3, 0.4) is 0 Å². The van der Waals surface area contributed by atoms with Gasteiger partial charge in [-0.1, -0.05) is 6.42 Å². The van der Waals surface area contributed by atoms with E-state index in [1.807, 2.05) is 0 Å². The summed E-state index contributed by atoms with van der Waals surface area (Å²) in [6.07, 6.45) is 4.83. The van der Waals surface area contributed by atoms with Gasteiger partial charge in [0.2, 0.25) is 0 Å². The minimum Gasteiger partial charge on any atom is -0.349 e. The summed E-state index contributed by atoms with van der Waals surface area (Å²) in [6.45, 7) is 0. The third kappa shape index (κ3) is 3.67. The Morgan fingerprint density at radius 1 is 1.29 bits per heavy atom. The van der Waals surface area contributed by atoms with E-state index in [0.717, 1.165) is 50.3 Å². The molecular weight excluding hydrogens is 337 g/mol. The van der Waals surface area contributed by atoms with E-state index in [0.29, 0.717) is 11.8 Å². The molecule has 0 saturated heterocycles. The van der Waals surface area contributed by atoms with Gasteiger partial charge in [0.15, 0.2) is 0 Å². The second-order valence-electron chi connectivity index (χ2n) is 6.60. The number of carbonyl (C=O) groups excluding carboxylic acids is 1. The second kappa shape index (κ2) is 7.44. The van der Waals surface area contributed by atoms with Crippen LogP contribution in [0.5, 0.6) is 0 Å². The molecule has 8 heteroatoms. The number of nitrogens with two attached hydrogens (primary N) is 1. The molecule has 2 fully saturated rings. The van der Waals surface area contributed by atoms with Gasteiger partial charge < -0.3 is 11.1 Å². The van der Waals surface area contributed by atoms with E-state index in [4.69, 9.17) is 5.73 Å². The van der Waals surface area contributed by atoms with Crippen molar-refractivity contribution >= 4 is 24.0 Å². The number of nitro benzene ring substituents is 1. The Balaban J connectivity index is 0.00000208. The number of hydrogen-bond acceptors (Lipinski definition) is 4. The zero-order valence-electron chi connectivity index (χ0n) is 13.1. The van der Waals surface area contributed by atoms with E-state index in [2.05, 4.69) is 5.32 Å². The lowest BCUT2D eigenvalue weighted by Crippen LogP contribution is -2.53. The van der Waals surface area contributed by atoms with E-state index in [1.165, 1.54) is 0 Å². The molecule has 3 rings (SSSR count). The summed E-state index contributed by atoms with van der Waals surface area (Å²) in [7, 11) is 0. The third-order valence-corrected chi connectivity index (χ3v) is 5.07. The number of nitro groups is 1. The van der Waals surface area contributed by atoms with Crippen molar-refractivity contribution in [2.45, 2.75) is 44.2 Å². The summed E-state index contributed by atoms with van der Waals surface area (Å²) in [5, 5.41) is 14.0. The second-order valence-corrected chi connectivity index (χ2v) is 6.60. The maximum atomic E-state index is 13.4. The highest BCUT2D eigenvalue weighted by Crippen LogP contribution is 2.39. The molecule has 132 valence electrons. The number of hydrogen-bond donors (Lipinski definition) is 2. The summed E-state index contributed by atoms with van der Waals surface area (Å²) in [5.41, 5.74) is 5.47. The number of halogens is 2. The lowest BCUT2D eigenvalue weighted by atomic mass is 9.67. The number of fused-ring (bicyclic) bond motifs is 2. The fourth-order valence-electron chi connectivity index (χ4n) is 4.10. The van der Waals surface area contributed by atoms with Gasteiger partial charge in [-0.2, -0.15) is 0 Å². The van der Waals surface area contributed by atoms with E-state index in [9.17, 15) is 19.3 Å². The molecule has 2 atom stereocenters. The Hall–Kier alpha value is -1.73. The number of amides is 1. The molecule has 1 aromatic carbocycles. The van der Waals surface area contributed by atoms with Gasteiger partial charge in [0.05, 0.1) is 4.92 Å². The molecule has 2 bridgehead atoms. The van der Waals surface area contributed by atoms with Crippen molar-refractivity contribution in [1.82, 2.24) is 5.32 Å². The predicted molar refractivity (Wildman–Crippen MR) is 89.6 cm³/mol. The molecule has 2 saturated carbocycles. The van der Waals surface area contributed by atoms with Crippen LogP contribution in [0.25, 0.3) is 0 Å². The Bertz CT molecular complexity index is 629. The quantitative estimate of drug-likeness (QED) is 0.641. The SMILES string of the molecule is Cl.NC1CC2CCCC(C1)C2NC(=O)c1cc(F)ccc1[N+](=O)[O-]. The average Bonchev–Trinajstić information content (AvgIpc) is 2.47. The van der Waals surface area contributed by atoms with Crippen LogP contribution in [0.1, 0.15) is 42.5 Å². The third-order valence-electron chi connectivity index (χ3n) is 5.07. The van der Waals surface area contributed by atoms with Crippen LogP contribution in [0.4, 0.5) is 10.1 Å². The highest BCUT2D eigenvalue weighted by atomic mass is 35.5. The zero-order valence-corrected chi connectivity index (χ0v) is 13.9. The molecular formula is C16H21ClFN3O3. The van der Waals surface area contributed by atoms with Crippen LogP contribution in [-0.4, -0.2) is 22.9 Å². The standard InChI is InChI=1S/C16H20FN3O3.ClH/c17-11-4-5-14(20(22)23)13(8-11)16(21)19-15-9-2-1-3-10(15)7-12(18)6-9;/h4-5,8-10,12,15H,1-3,6-7,18H2,(H,19,21);1H. The Labute approximate surface area is 145 Å². The number of nitrogens with one attached hydrogen (secondary N) is 1. The molecule has 6 nitrogen and oxygen atoms in total. The summed E-state index contributed by atoms with van der Waals surface area (Å²) < 4.78 is 13.4. The molecule has 0 radical (unpaired) electrons. The first kappa shape index (κ1) is 18.6. The maximum absolute atomic E-state index is 13.4. The van der Waals surface area contributed by atoms with Gasteiger partial charge >= 0.3 is 0 Å². The Kier molecular flexibility index (Phi) is 5.77. The van der Waals surface area contributed by atoms with Crippen LogP contribution >= 0.6 is 12.4 Å². The minimum atomic E-state index is -0.661. The summed E-state index contributed by atoms with van der Waals surface area (Å²) in [5.74, 6) is -0.636. The molecule has 2 unspecified atom stereocenters. The van der Waals surface area contributed by atoms with Gasteiger partial charge in [-0.15, -0.1) is 12.4 Å². The predicted octanol–water partition coefficient (Wildman–Crippen LogP) is 2.79. The fraction of sp³-hybridized carbons (Fsp3) is 0.562. The lowest BCUT2D eigenvalue weighted by molar-refractivity contribution is -0.385. The summed E-state index contributed by atoms with van der Waals surface area (Å²) in [6, 6.07) is 3.07. The highest BCUT2D eigenvalue weighted by Gasteiger charge is 2.40. The van der Waals surface area contributed by atoms with Gasteiger partial charge in [-0.05, 0) is 49.7 Å². The van der Waals surface area contributed by atoms with Crippen molar-refractivity contribution in [1.29, 1.82) is 0 Å². The van der Waals surface area contributed by atoms with Gasteiger partial charge in [-0.25, -0.2) is 4.39 Å². The first-order valence-corrected chi connectivity index (χ1v) is 7.96. The van der Waals surface area contributed by atoms with E-state index in [-0.39, 0.29) is 35.7 Å². The number of nitrogens with zero attached hydrogens (tertiary/aromatic N) is 1. The van der Waals surface area contributed by atoms with E-state index < -0.39 is 16.6 Å². The van der Waals surface area contributed by atoms with Crippen molar-refractivity contribution in [3.8, 4) is 0 Å². The summed E-state index contributed by atoms with van der Waals surface area (Å²) >= 11 is 0. The minimum absolute atomic E-state index is 0.